The molecule has 1 saturated heterocycles. The molecular weight excluding hydrogens is 536 g/mol. The number of nitrogens with two attached hydrogens (primary N) is 1. The number of benzene rings is 1. The lowest BCUT2D eigenvalue weighted by Gasteiger charge is -2.49. The van der Waals surface area contributed by atoms with E-state index >= 15 is 8.78 Å². The van der Waals surface area contributed by atoms with Crippen LogP contribution < -0.4 is 15.8 Å². The summed E-state index contributed by atoms with van der Waals surface area (Å²) in [6, 6.07) is 6.45. The fourth-order valence-corrected chi connectivity index (χ4v) is 7.70. The summed E-state index contributed by atoms with van der Waals surface area (Å²) in [5, 5.41) is 7.66. The Labute approximate surface area is 234 Å². The van der Waals surface area contributed by atoms with Crippen molar-refractivity contribution in [3.05, 3.63) is 66.1 Å². The van der Waals surface area contributed by atoms with Crippen molar-refractivity contribution >= 4 is 34.2 Å². The summed E-state index contributed by atoms with van der Waals surface area (Å²) in [5.74, 6) is -0.264. The van der Waals surface area contributed by atoms with Crippen LogP contribution in [0.3, 0.4) is 0 Å². The topological polar surface area (TPSA) is 115 Å². The van der Waals surface area contributed by atoms with Crippen molar-refractivity contribution in [3.8, 4) is 5.75 Å². The average molecular weight is 568 g/mol. The smallest absolute Gasteiger partial charge is 0.213 e. The molecule has 4 aromatic rings. The van der Waals surface area contributed by atoms with Gasteiger partial charge in [0.1, 0.15) is 16.8 Å². The molecule has 1 aliphatic heterocycles. The lowest BCUT2D eigenvalue weighted by Crippen LogP contribution is -2.56. The van der Waals surface area contributed by atoms with Gasteiger partial charge in [0.25, 0.3) is 0 Å². The highest BCUT2D eigenvalue weighted by atomic mass is 32.2. The van der Waals surface area contributed by atoms with Crippen molar-refractivity contribution in [3.63, 3.8) is 0 Å². The molecule has 0 radical (unpaired) electrons. The van der Waals surface area contributed by atoms with E-state index in [1.165, 1.54) is 6.39 Å². The molecule has 4 heterocycles. The van der Waals surface area contributed by atoms with Gasteiger partial charge in [-0.2, -0.15) is 4.98 Å². The maximum Gasteiger partial charge on any atom is 0.213 e. The Morgan fingerprint density at radius 2 is 2.10 bits per heavy atom. The minimum atomic E-state index is -0.924. The maximum atomic E-state index is 15.6. The molecular formula is C28H31F2N7O2S. The largest absolute Gasteiger partial charge is 0.484 e. The third kappa shape index (κ3) is 4.57. The van der Waals surface area contributed by atoms with Crippen molar-refractivity contribution in [2.24, 2.45) is 11.7 Å². The van der Waals surface area contributed by atoms with Crippen LogP contribution in [0.5, 0.6) is 5.75 Å². The van der Waals surface area contributed by atoms with Crippen molar-refractivity contribution in [2.75, 3.05) is 12.4 Å². The van der Waals surface area contributed by atoms with Crippen LogP contribution in [0.1, 0.15) is 50.9 Å². The molecule has 3 aromatic heterocycles. The highest BCUT2D eigenvalue weighted by Gasteiger charge is 2.68. The Bertz CT molecular complexity index is 1540. The number of nitrogens with one attached hydrogen (secondary N) is 1. The zero-order chi connectivity index (χ0) is 28.1. The van der Waals surface area contributed by atoms with E-state index in [1.807, 2.05) is 24.9 Å². The van der Waals surface area contributed by atoms with Crippen LogP contribution in [0.15, 0.2) is 47.6 Å². The molecule has 1 aliphatic carbocycles. The molecule has 1 saturated carbocycles. The molecule has 40 heavy (non-hydrogen) atoms. The fourth-order valence-electron chi connectivity index (χ4n) is 5.93. The first-order chi connectivity index (χ1) is 19.2. The van der Waals surface area contributed by atoms with E-state index in [0.29, 0.717) is 34.2 Å². The van der Waals surface area contributed by atoms with Gasteiger partial charge in [-0.1, -0.05) is 24.9 Å². The van der Waals surface area contributed by atoms with Gasteiger partial charge < -0.3 is 20.3 Å². The minimum Gasteiger partial charge on any atom is -0.484 e. The van der Waals surface area contributed by atoms with Gasteiger partial charge in [0.15, 0.2) is 24.1 Å². The van der Waals surface area contributed by atoms with Crippen LogP contribution in [0, 0.1) is 17.6 Å². The molecule has 2 aliphatic rings. The lowest BCUT2D eigenvalue weighted by molar-refractivity contribution is 0.0825. The maximum absolute atomic E-state index is 15.6. The van der Waals surface area contributed by atoms with E-state index in [0.717, 1.165) is 37.1 Å². The molecule has 2 fully saturated rings. The van der Waals surface area contributed by atoms with Gasteiger partial charge in [-0.05, 0) is 50.9 Å². The normalized spacial score (nSPS) is 26.1. The first-order valence-electron chi connectivity index (χ1n) is 13.3. The molecule has 1 aromatic carbocycles. The van der Waals surface area contributed by atoms with E-state index < -0.39 is 17.2 Å². The third-order valence-electron chi connectivity index (χ3n) is 8.31. The Morgan fingerprint density at radius 1 is 1.25 bits per heavy atom. The van der Waals surface area contributed by atoms with Crippen LogP contribution in [0.25, 0.3) is 10.9 Å². The molecule has 0 bridgehead atoms. The van der Waals surface area contributed by atoms with E-state index in [2.05, 4.69) is 32.3 Å². The summed E-state index contributed by atoms with van der Waals surface area (Å²) in [4.78, 5) is 14.9. The molecule has 3 N–H and O–H groups in total. The average Bonchev–Trinajstić information content (AvgIpc) is 3.42. The van der Waals surface area contributed by atoms with Gasteiger partial charge >= 0.3 is 0 Å². The second-order valence-corrected chi connectivity index (χ2v) is 12.2. The predicted molar refractivity (Wildman–Crippen MR) is 149 cm³/mol. The third-order valence-corrected chi connectivity index (χ3v) is 9.99. The number of halogens is 2. The number of aromatic nitrogens is 4. The number of unbranched alkanes of at least 4 members (excludes halogenated alkanes) is 1. The van der Waals surface area contributed by atoms with Crippen molar-refractivity contribution < 1.29 is 18.0 Å². The zero-order valence-corrected chi connectivity index (χ0v) is 23.3. The highest BCUT2D eigenvalue weighted by Crippen LogP contribution is 2.69. The number of hydrogen-bond acceptors (Lipinski definition) is 10. The van der Waals surface area contributed by atoms with E-state index in [-0.39, 0.29) is 22.8 Å². The number of rotatable bonds is 9. The second-order valence-electron chi connectivity index (χ2n) is 10.7. The van der Waals surface area contributed by atoms with Crippen molar-refractivity contribution in [2.45, 2.75) is 61.9 Å². The van der Waals surface area contributed by atoms with Crippen LogP contribution >= 0.6 is 11.8 Å². The monoisotopic (exact) mass is 567 g/mol. The Hall–Kier alpha value is -3.35. The number of nitrogens with zero attached hydrogens (tertiary/aromatic N) is 5. The first-order valence-corrected chi connectivity index (χ1v) is 14.2. The number of ether oxygens (including phenoxy) is 1. The number of pyridine rings is 2. The molecule has 0 spiro atoms. The number of anilines is 2. The van der Waals surface area contributed by atoms with Crippen LogP contribution in [0.4, 0.5) is 20.3 Å². The van der Waals surface area contributed by atoms with Gasteiger partial charge in [-0.3, -0.25) is 4.90 Å². The van der Waals surface area contributed by atoms with E-state index in [4.69, 9.17) is 15.0 Å². The molecule has 0 amide bonds. The minimum absolute atomic E-state index is 0.00629. The van der Waals surface area contributed by atoms with Crippen LogP contribution in [-0.2, 0) is 12.1 Å². The molecule has 12 heteroatoms. The van der Waals surface area contributed by atoms with Crippen molar-refractivity contribution in [1.29, 1.82) is 0 Å². The lowest BCUT2D eigenvalue weighted by atomic mass is 9.82. The Balaban J connectivity index is 1.31. The predicted octanol–water partition coefficient (Wildman–Crippen LogP) is 5.70. The second kappa shape index (κ2) is 10.2. The first kappa shape index (κ1) is 26.9. The van der Waals surface area contributed by atoms with Gasteiger partial charge in [0, 0.05) is 33.6 Å². The van der Waals surface area contributed by atoms with Crippen LogP contribution in [-0.4, -0.2) is 42.3 Å². The summed E-state index contributed by atoms with van der Waals surface area (Å²) in [6.07, 6.45) is 8.52. The van der Waals surface area contributed by atoms with Gasteiger partial charge in [-0.15, -0.1) is 11.8 Å². The molecule has 9 nitrogen and oxygen atoms in total. The standard InChI is InChI=1S/C28H31F2N7O2S/c1-4-5-7-28-12-21(28)27(2,37(3)26(31)40-28)19-10-17(11-20(29)23(19)30)35-25-24-16(6-8-32-25)9-18(13-33-24)38-14-22-34-15-39-36-22/h6,8-11,13,15,21,26H,4-5,7,12,14,31H2,1-3H3,(H,32,35)/t21-,26?,27+,28-/m0/s1. The number of hydrogen-bond donors (Lipinski definition) is 2. The molecule has 4 atom stereocenters. The van der Waals surface area contributed by atoms with Gasteiger partial charge in [0.05, 0.1) is 11.7 Å². The highest BCUT2D eigenvalue weighted by molar-refractivity contribution is 8.01. The summed E-state index contributed by atoms with van der Waals surface area (Å²) in [7, 11) is 1.89. The SMILES string of the molecule is CCCC[C@]12C[C@H]1[C@@](C)(c1cc(Nc3nccc4cc(OCc5ncon5)cnc34)cc(F)c1F)N(C)C(N)S2. The van der Waals surface area contributed by atoms with E-state index in [1.54, 1.807) is 36.3 Å². The molecule has 210 valence electrons. The van der Waals surface area contributed by atoms with E-state index in [9.17, 15) is 0 Å². The molecule has 6 rings (SSSR count). The Morgan fingerprint density at radius 3 is 2.88 bits per heavy atom. The number of thioether (sulfide) groups is 1. The Kier molecular flexibility index (Phi) is 6.87. The summed E-state index contributed by atoms with van der Waals surface area (Å²) in [5.41, 5.74) is 6.70. The number of fused-ring (bicyclic) bond motifs is 2. The zero-order valence-electron chi connectivity index (χ0n) is 22.5. The quantitative estimate of drug-likeness (QED) is 0.261. The van der Waals surface area contributed by atoms with Crippen LogP contribution in [0.2, 0.25) is 0 Å². The molecule has 1 unspecified atom stereocenters. The van der Waals surface area contributed by atoms with Gasteiger partial charge in [0.2, 0.25) is 12.2 Å². The summed E-state index contributed by atoms with van der Waals surface area (Å²) < 4.78 is 41.1. The summed E-state index contributed by atoms with van der Waals surface area (Å²) in [6.45, 7) is 4.28. The fraction of sp³-hybridized carbons (Fsp3) is 0.429. The van der Waals surface area contributed by atoms with Gasteiger partial charge in [-0.25, -0.2) is 18.7 Å². The summed E-state index contributed by atoms with van der Waals surface area (Å²) >= 11 is 1.76. The van der Waals surface area contributed by atoms with Crippen molar-refractivity contribution in [1.82, 2.24) is 25.0 Å².